The van der Waals surface area contributed by atoms with Crippen LogP contribution in [0.2, 0.25) is 0 Å². The monoisotopic (exact) mass is 309 g/mol. The molecule has 2 aromatic carbocycles. The van der Waals surface area contributed by atoms with Crippen LogP contribution in [0.3, 0.4) is 0 Å². The molecular weight excluding hydrogens is 293 g/mol. The van der Waals surface area contributed by atoms with E-state index >= 15 is 0 Å². The number of hydrogen-bond acceptors (Lipinski definition) is 2. The van der Waals surface area contributed by atoms with Crippen LogP contribution in [-0.4, -0.2) is 16.1 Å². The number of nitrogens with zero attached hydrogens (tertiary/aromatic N) is 1. The van der Waals surface area contributed by atoms with E-state index in [-0.39, 0.29) is 17.8 Å². The molecule has 0 aliphatic carbocycles. The summed E-state index contributed by atoms with van der Waals surface area (Å²) in [6.45, 7) is 1.87. The van der Waals surface area contributed by atoms with E-state index in [2.05, 4.69) is 15.5 Å². The minimum absolute atomic E-state index is 0.166. The van der Waals surface area contributed by atoms with Gasteiger partial charge in [0, 0.05) is 17.3 Å². The van der Waals surface area contributed by atoms with Gasteiger partial charge in [0.05, 0.1) is 12.2 Å². The first-order valence-electron chi connectivity index (χ1n) is 7.29. The molecule has 0 spiro atoms. The van der Waals surface area contributed by atoms with Crippen LogP contribution >= 0.6 is 0 Å². The van der Waals surface area contributed by atoms with Crippen molar-refractivity contribution in [1.29, 1.82) is 0 Å². The zero-order valence-electron chi connectivity index (χ0n) is 12.6. The Morgan fingerprint density at radius 3 is 2.39 bits per heavy atom. The number of halogens is 1. The second-order valence-electron chi connectivity index (χ2n) is 5.31. The lowest BCUT2D eigenvalue weighted by Gasteiger charge is -2.14. The summed E-state index contributed by atoms with van der Waals surface area (Å²) in [5, 5.41) is 9.57. The van der Waals surface area contributed by atoms with Crippen LogP contribution in [-0.2, 0) is 0 Å². The molecule has 0 radical (unpaired) electrons. The summed E-state index contributed by atoms with van der Waals surface area (Å²) in [7, 11) is 0. The summed E-state index contributed by atoms with van der Waals surface area (Å²) in [6, 6.07) is 13.2. The number of aromatic nitrogens is 2. The van der Waals surface area contributed by atoms with Gasteiger partial charge in [-0.2, -0.15) is 5.10 Å². The van der Waals surface area contributed by atoms with Gasteiger partial charge in [-0.1, -0.05) is 24.3 Å². The van der Waals surface area contributed by atoms with Gasteiger partial charge in [-0.15, -0.1) is 0 Å². The average molecular weight is 309 g/mol. The molecule has 5 heteroatoms. The molecule has 0 bridgehead atoms. The van der Waals surface area contributed by atoms with Crippen molar-refractivity contribution in [3.8, 4) is 11.1 Å². The number of hydrogen-bond donors (Lipinski definition) is 2. The standard InChI is InChI=1S/C18H16FN3O/c1-12(13-6-8-17(19)9-7-13)22-18(23)15-4-2-14(3-5-15)16-10-20-21-11-16/h2-12H,1H3,(H,20,21)(H,22,23). The summed E-state index contributed by atoms with van der Waals surface area (Å²) in [6.07, 6.45) is 3.53. The Morgan fingerprint density at radius 2 is 1.78 bits per heavy atom. The highest BCUT2D eigenvalue weighted by atomic mass is 19.1. The van der Waals surface area contributed by atoms with E-state index in [1.54, 1.807) is 36.7 Å². The molecular formula is C18H16FN3O. The van der Waals surface area contributed by atoms with Crippen molar-refractivity contribution in [3.63, 3.8) is 0 Å². The molecule has 0 saturated carbocycles. The first kappa shape index (κ1) is 15.0. The van der Waals surface area contributed by atoms with Gasteiger partial charge < -0.3 is 5.32 Å². The predicted molar refractivity (Wildman–Crippen MR) is 86.3 cm³/mol. The maximum Gasteiger partial charge on any atom is 0.251 e. The highest BCUT2D eigenvalue weighted by Gasteiger charge is 2.11. The largest absolute Gasteiger partial charge is 0.346 e. The van der Waals surface area contributed by atoms with E-state index in [4.69, 9.17) is 0 Å². The number of carbonyl (C=O) groups is 1. The molecule has 4 nitrogen and oxygen atoms in total. The zero-order chi connectivity index (χ0) is 16.2. The highest BCUT2D eigenvalue weighted by molar-refractivity contribution is 5.94. The topological polar surface area (TPSA) is 57.8 Å². The van der Waals surface area contributed by atoms with E-state index in [9.17, 15) is 9.18 Å². The summed E-state index contributed by atoms with van der Waals surface area (Å²) < 4.78 is 12.9. The maximum atomic E-state index is 12.9. The molecule has 1 aromatic heterocycles. The van der Waals surface area contributed by atoms with Crippen LogP contribution in [0.4, 0.5) is 4.39 Å². The number of rotatable bonds is 4. The van der Waals surface area contributed by atoms with Crippen molar-refractivity contribution in [2.24, 2.45) is 0 Å². The summed E-state index contributed by atoms with van der Waals surface area (Å²) in [4.78, 5) is 12.3. The third-order valence-electron chi connectivity index (χ3n) is 3.70. The number of amides is 1. The molecule has 3 aromatic rings. The van der Waals surface area contributed by atoms with E-state index in [0.29, 0.717) is 5.56 Å². The molecule has 1 atom stereocenters. The van der Waals surface area contributed by atoms with Gasteiger partial charge in [0.25, 0.3) is 5.91 Å². The van der Waals surface area contributed by atoms with Crippen LogP contribution in [0, 0.1) is 5.82 Å². The van der Waals surface area contributed by atoms with Gasteiger partial charge in [-0.05, 0) is 42.3 Å². The second kappa shape index (κ2) is 6.44. The molecule has 1 unspecified atom stereocenters. The fourth-order valence-electron chi connectivity index (χ4n) is 2.34. The second-order valence-corrected chi connectivity index (χ2v) is 5.31. The van der Waals surface area contributed by atoms with Crippen molar-refractivity contribution in [3.05, 3.63) is 77.9 Å². The Bertz CT molecular complexity index is 780. The molecule has 0 aliphatic heterocycles. The number of benzene rings is 2. The van der Waals surface area contributed by atoms with Gasteiger partial charge in [-0.3, -0.25) is 9.89 Å². The third kappa shape index (κ3) is 3.45. The molecule has 1 amide bonds. The first-order valence-corrected chi connectivity index (χ1v) is 7.29. The number of H-pyrrole nitrogens is 1. The quantitative estimate of drug-likeness (QED) is 0.772. The minimum atomic E-state index is -0.290. The third-order valence-corrected chi connectivity index (χ3v) is 3.70. The van der Waals surface area contributed by atoms with Gasteiger partial charge in [0.15, 0.2) is 0 Å². The summed E-state index contributed by atoms with van der Waals surface area (Å²) >= 11 is 0. The number of aromatic amines is 1. The molecule has 0 fully saturated rings. The lowest BCUT2D eigenvalue weighted by atomic mass is 10.1. The van der Waals surface area contributed by atoms with Crippen LogP contribution in [0.15, 0.2) is 60.9 Å². The van der Waals surface area contributed by atoms with E-state index in [0.717, 1.165) is 16.7 Å². The van der Waals surface area contributed by atoms with E-state index < -0.39 is 0 Å². The smallest absolute Gasteiger partial charge is 0.251 e. The maximum absolute atomic E-state index is 12.9. The lowest BCUT2D eigenvalue weighted by Crippen LogP contribution is -2.26. The molecule has 2 N–H and O–H groups in total. The van der Waals surface area contributed by atoms with Gasteiger partial charge >= 0.3 is 0 Å². The minimum Gasteiger partial charge on any atom is -0.346 e. The van der Waals surface area contributed by atoms with Crippen molar-refractivity contribution in [1.82, 2.24) is 15.5 Å². The van der Waals surface area contributed by atoms with Crippen molar-refractivity contribution in [2.75, 3.05) is 0 Å². The molecule has 0 aliphatic rings. The fourth-order valence-corrected chi connectivity index (χ4v) is 2.34. The van der Waals surface area contributed by atoms with Crippen LogP contribution < -0.4 is 5.32 Å². The number of carbonyl (C=O) groups excluding carboxylic acids is 1. The Balaban J connectivity index is 1.69. The van der Waals surface area contributed by atoms with Crippen LogP contribution in [0.1, 0.15) is 28.9 Å². The zero-order valence-corrected chi connectivity index (χ0v) is 12.6. The Morgan fingerprint density at radius 1 is 1.09 bits per heavy atom. The molecule has 0 saturated heterocycles. The van der Waals surface area contributed by atoms with Crippen LogP contribution in [0.5, 0.6) is 0 Å². The lowest BCUT2D eigenvalue weighted by molar-refractivity contribution is 0.0940. The molecule has 116 valence electrons. The predicted octanol–water partition coefficient (Wildman–Crippen LogP) is 3.71. The summed E-state index contributed by atoms with van der Waals surface area (Å²) in [5.41, 5.74) is 3.39. The van der Waals surface area contributed by atoms with Crippen molar-refractivity contribution < 1.29 is 9.18 Å². The molecule has 23 heavy (non-hydrogen) atoms. The SMILES string of the molecule is CC(NC(=O)c1ccc(-c2cn[nH]c2)cc1)c1ccc(F)cc1. The molecule has 1 heterocycles. The van der Waals surface area contributed by atoms with Gasteiger partial charge in [0.2, 0.25) is 0 Å². The summed E-state index contributed by atoms with van der Waals surface area (Å²) in [5.74, 6) is -0.456. The Hall–Kier alpha value is -2.95. The van der Waals surface area contributed by atoms with Gasteiger partial charge in [0.1, 0.15) is 5.82 Å². The van der Waals surface area contributed by atoms with Crippen molar-refractivity contribution in [2.45, 2.75) is 13.0 Å². The van der Waals surface area contributed by atoms with E-state index in [1.807, 2.05) is 19.1 Å². The highest BCUT2D eigenvalue weighted by Crippen LogP contribution is 2.19. The van der Waals surface area contributed by atoms with E-state index in [1.165, 1.54) is 12.1 Å². The fraction of sp³-hybridized carbons (Fsp3) is 0.111. The van der Waals surface area contributed by atoms with Crippen molar-refractivity contribution >= 4 is 5.91 Å². The normalized spacial score (nSPS) is 11.9. The first-order chi connectivity index (χ1) is 11.1. The number of nitrogens with one attached hydrogen (secondary N) is 2. The molecule has 3 rings (SSSR count). The van der Waals surface area contributed by atoms with Crippen LogP contribution in [0.25, 0.3) is 11.1 Å². The average Bonchev–Trinajstić information content (AvgIpc) is 3.10. The Kier molecular flexibility index (Phi) is 4.19. The van der Waals surface area contributed by atoms with Gasteiger partial charge in [-0.25, -0.2) is 4.39 Å². The Labute approximate surface area is 133 Å².